The number of methoxy groups -OCH3 is 1. The largest absolute Gasteiger partial charge is 0.465 e. The van der Waals surface area contributed by atoms with Crippen molar-refractivity contribution in [2.75, 3.05) is 18.6 Å². The van der Waals surface area contributed by atoms with Gasteiger partial charge in [-0.2, -0.15) is 0 Å². The Hall–Kier alpha value is -1.84. The van der Waals surface area contributed by atoms with E-state index in [9.17, 15) is 9.59 Å². The van der Waals surface area contributed by atoms with Gasteiger partial charge in [0.2, 0.25) is 5.91 Å². The zero-order chi connectivity index (χ0) is 18.9. The summed E-state index contributed by atoms with van der Waals surface area (Å²) in [5.74, 6) is 0.627. The number of carbonyl (C=O) groups excluding carboxylic acids is 2. The predicted molar refractivity (Wildman–Crippen MR) is 106 cm³/mol. The maximum atomic E-state index is 12.0. The van der Waals surface area contributed by atoms with Crippen molar-refractivity contribution in [3.8, 4) is 0 Å². The van der Waals surface area contributed by atoms with Crippen molar-refractivity contribution in [3.63, 3.8) is 0 Å². The summed E-state index contributed by atoms with van der Waals surface area (Å²) in [6.45, 7) is 6.22. The van der Waals surface area contributed by atoms with Crippen LogP contribution in [-0.2, 0) is 16.1 Å². The standard InChI is InChI=1S/C17H19N3O3S3/c1-11(2)9-24-16-19-20-17(26-16)25-10-14(21)18-8-12-4-6-13(7-5-12)15(22)23-3/h4-7H,1,8-10H2,2-3H3,(H,18,21). The van der Waals surface area contributed by atoms with Gasteiger partial charge in [0.05, 0.1) is 18.4 Å². The SMILES string of the molecule is C=C(C)CSc1nnc(SCC(=O)NCc2ccc(C(=O)OC)cc2)s1. The average molecular weight is 410 g/mol. The molecule has 1 aromatic heterocycles. The topological polar surface area (TPSA) is 81.2 Å². The summed E-state index contributed by atoms with van der Waals surface area (Å²) < 4.78 is 6.30. The number of esters is 1. The molecule has 0 saturated heterocycles. The van der Waals surface area contributed by atoms with Crippen LogP contribution in [-0.4, -0.2) is 40.7 Å². The van der Waals surface area contributed by atoms with Crippen LogP contribution in [0.3, 0.4) is 0 Å². The van der Waals surface area contributed by atoms with E-state index in [4.69, 9.17) is 0 Å². The molecule has 2 aromatic rings. The van der Waals surface area contributed by atoms with E-state index in [1.165, 1.54) is 30.2 Å². The summed E-state index contributed by atoms with van der Waals surface area (Å²) in [4.78, 5) is 23.3. The molecule has 0 saturated carbocycles. The number of amides is 1. The molecule has 6 nitrogen and oxygen atoms in total. The number of nitrogens with one attached hydrogen (secondary N) is 1. The Labute approximate surface area is 164 Å². The van der Waals surface area contributed by atoms with Crippen molar-refractivity contribution >= 4 is 46.7 Å². The lowest BCUT2D eigenvalue weighted by atomic mass is 10.1. The highest BCUT2D eigenvalue weighted by molar-refractivity contribution is 8.03. The first-order chi connectivity index (χ1) is 12.5. The number of rotatable bonds is 9. The molecule has 0 aliphatic carbocycles. The fourth-order valence-electron chi connectivity index (χ4n) is 1.75. The van der Waals surface area contributed by atoms with Crippen LogP contribution >= 0.6 is 34.9 Å². The summed E-state index contributed by atoms with van der Waals surface area (Å²) in [7, 11) is 1.34. The molecule has 138 valence electrons. The van der Waals surface area contributed by atoms with Crippen LogP contribution in [0.4, 0.5) is 0 Å². The van der Waals surface area contributed by atoms with Crippen molar-refractivity contribution < 1.29 is 14.3 Å². The molecule has 0 aliphatic rings. The second-order valence-corrected chi connectivity index (χ2v) is 8.76. The fourth-order valence-corrected chi connectivity index (χ4v) is 4.45. The van der Waals surface area contributed by atoms with E-state index in [-0.39, 0.29) is 17.6 Å². The second-order valence-electron chi connectivity index (χ2n) is 5.33. The van der Waals surface area contributed by atoms with E-state index in [2.05, 4.69) is 26.8 Å². The van der Waals surface area contributed by atoms with Crippen molar-refractivity contribution in [3.05, 3.63) is 47.5 Å². The Morgan fingerprint density at radius 3 is 2.35 bits per heavy atom. The maximum Gasteiger partial charge on any atom is 0.337 e. The molecule has 0 atom stereocenters. The van der Waals surface area contributed by atoms with Gasteiger partial charge in [-0.1, -0.05) is 59.1 Å². The summed E-state index contributed by atoms with van der Waals surface area (Å²) in [5.41, 5.74) is 2.47. The van der Waals surface area contributed by atoms with Crippen LogP contribution in [0.15, 0.2) is 45.1 Å². The number of hydrogen-bond donors (Lipinski definition) is 1. The molecule has 2 rings (SSSR count). The lowest BCUT2D eigenvalue weighted by Crippen LogP contribution is -2.24. The summed E-state index contributed by atoms with van der Waals surface area (Å²) in [5, 5.41) is 11.0. The molecule has 0 unspecified atom stereocenters. The zero-order valence-electron chi connectivity index (χ0n) is 14.5. The van der Waals surface area contributed by atoms with E-state index in [0.717, 1.165) is 25.6 Å². The third-order valence-corrected chi connectivity index (χ3v) is 6.44. The molecule has 1 N–H and O–H groups in total. The van der Waals surface area contributed by atoms with Gasteiger partial charge in [0.15, 0.2) is 8.68 Å². The molecule has 0 radical (unpaired) electrons. The first kappa shape index (κ1) is 20.5. The van der Waals surface area contributed by atoms with Gasteiger partial charge >= 0.3 is 5.97 Å². The molecule has 9 heteroatoms. The second kappa shape index (κ2) is 10.3. The number of ether oxygens (including phenoxy) is 1. The minimum absolute atomic E-state index is 0.0848. The maximum absolute atomic E-state index is 12.0. The minimum atomic E-state index is -0.380. The van der Waals surface area contributed by atoms with Gasteiger partial charge in [0, 0.05) is 12.3 Å². The normalized spacial score (nSPS) is 10.4. The van der Waals surface area contributed by atoms with Gasteiger partial charge in [0.25, 0.3) is 0 Å². The number of hydrogen-bond acceptors (Lipinski definition) is 8. The summed E-state index contributed by atoms with van der Waals surface area (Å²) in [6.07, 6.45) is 0. The third-order valence-electron chi connectivity index (χ3n) is 3.02. The Morgan fingerprint density at radius 2 is 1.77 bits per heavy atom. The number of aromatic nitrogens is 2. The van der Waals surface area contributed by atoms with E-state index < -0.39 is 0 Å². The number of carbonyl (C=O) groups is 2. The molecule has 0 fully saturated rings. The first-order valence-corrected chi connectivity index (χ1v) is 10.4. The Bertz CT molecular complexity index is 775. The fraction of sp³-hybridized carbons (Fsp3) is 0.294. The van der Waals surface area contributed by atoms with Crippen molar-refractivity contribution in [1.82, 2.24) is 15.5 Å². The molecule has 0 spiro atoms. The van der Waals surface area contributed by atoms with Crippen molar-refractivity contribution in [2.24, 2.45) is 0 Å². The van der Waals surface area contributed by atoms with Crippen molar-refractivity contribution in [2.45, 2.75) is 22.1 Å². The first-order valence-electron chi connectivity index (χ1n) is 7.65. The van der Waals surface area contributed by atoms with Crippen LogP contribution in [0, 0.1) is 0 Å². The highest BCUT2D eigenvalue weighted by atomic mass is 32.2. The monoisotopic (exact) mass is 409 g/mol. The number of thioether (sulfide) groups is 2. The molecule has 0 aliphatic heterocycles. The third kappa shape index (κ3) is 6.81. The molecule has 0 bridgehead atoms. The lowest BCUT2D eigenvalue weighted by molar-refractivity contribution is -0.118. The van der Waals surface area contributed by atoms with E-state index >= 15 is 0 Å². The van der Waals surface area contributed by atoms with Gasteiger partial charge in [-0.25, -0.2) is 4.79 Å². The molecular formula is C17H19N3O3S3. The zero-order valence-corrected chi connectivity index (χ0v) is 16.9. The van der Waals surface area contributed by atoms with Gasteiger partial charge in [-0.05, 0) is 24.6 Å². The molecule has 1 amide bonds. The Kier molecular flexibility index (Phi) is 8.14. The smallest absolute Gasteiger partial charge is 0.337 e. The van der Waals surface area contributed by atoms with Gasteiger partial charge in [0.1, 0.15) is 0 Å². The van der Waals surface area contributed by atoms with Gasteiger partial charge < -0.3 is 10.1 Å². The number of benzene rings is 1. The Morgan fingerprint density at radius 1 is 1.15 bits per heavy atom. The van der Waals surface area contributed by atoms with Gasteiger partial charge in [-0.15, -0.1) is 10.2 Å². The van der Waals surface area contributed by atoms with E-state index in [0.29, 0.717) is 12.1 Å². The molecular weight excluding hydrogens is 390 g/mol. The van der Waals surface area contributed by atoms with Crippen LogP contribution < -0.4 is 5.32 Å². The van der Waals surface area contributed by atoms with Crippen LogP contribution in [0.2, 0.25) is 0 Å². The number of nitrogens with zero attached hydrogens (tertiary/aromatic N) is 2. The summed E-state index contributed by atoms with van der Waals surface area (Å²) >= 11 is 4.43. The predicted octanol–water partition coefficient (Wildman–Crippen LogP) is 3.40. The molecule has 1 heterocycles. The van der Waals surface area contributed by atoms with E-state index in [1.54, 1.807) is 36.0 Å². The van der Waals surface area contributed by atoms with Crippen LogP contribution in [0.1, 0.15) is 22.8 Å². The highest BCUT2D eigenvalue weighted by Crippen LogP contribution is 2.29. The lowest BCUT2D eigenvalue weighted by Gasteiger charge is -2.05. The van der Waals surface area contributed by atoms with Crippen LogP contribution in [0.25, 0.3) is 0 Å². The summed E-state index contributed by atoms with van der Waals surface area (Å²) in [6, 6.07) is 6.92. The van der Waals surface area contributed by atoms with Crippen molar-refractivity contribution in [1.29, 1.82) is 0 Å². The Balaban J connectivity index is 1.73. The molecule has 1 aromatic carbocycles. The quantitative estimate of drug-likeness (QED) is 0.386. The van der Waals surface area contributed by atoms with Crippen LogP contribution in [0.5, 0.6) is 0 Å². The van der Waals surface area contributed by atoms with Gasteiger partial charge in [-0.3, -0.25) is 4.79 Å². The average Bonchev–Trinajstić information content (AvgIpc) is 3.10. The molecule has 26 heavy (non-hydrogen) atoms. The van der Waals surface area contributed by atoms with E-state index in [1.807, 2.05) is 6.92 Å². The minimum Gasteiger partial charge on any atom is -0.465 e. The highest BCUT2D eigenvalue weighted by Gasteiger charge is 2.09.